The zero-order valence-corrected chi connectivity index (χ0v) is 14.3. The van der Waals surface area contributed by atoms with Crippen LogP contribution in [0.1, 0.15) is 15.9 Å². The third-order valence-electron chi connectivity index (χ3n) is 3.97. The maximum Gasteiger partial charge on any atom is 0.416 e. The lowest BCUT2D eigenvalue weighted by molar-refractivity contribution is -0.137. The maximum absolute atomic E-state index is 12.8. The van der Waals surface area contributed by atoms with E-state index >= 15 is 0 Å². The van der Waals surface area contributed by atoms with Crippen LogP contribution < -0.4 is 10.1 Å². The van der Waals surface area contributed by atoms with Crippen LogP contribution >= 0.6 is 0 Å². The number of nitrogens with one attached hydrogen (secondary N) is 1. The molecule has 0 atom stereocenters. The quantitative estimate of drug-likeness (QED) is 0.665. The molecule has 1 amide bonds. The topological polar surface area (TPSA) is 38.3 Å². The third kappa shape index (κ3) is 4.11. The summed E-state index contributed by atoms with van der Waals surface area (Å²) in [5, 5.41) is 2.76. The molecular formula is C21H15F3NO2. The molecule has 0 aliphatic carbocycles. The van der Waals surface area contributed by atoms with Gasteiger partial charge < -0.3 is 10.1 Å². The van der Waals surface area contributed by atoms with Gasteiger partial charge in [0.2, 0.25) is 0 Å². The van der Waals surface area contributed by atoms with E-state index in [1.165, 1.54) is 19.2 Å². The molecule has 0 spiro atoms. The first-order valence-electron chi connectivity index (χ1n) is 8.02. The average molecular weight is 370 g/mol. The molecule has 3 rings (SSSR count). The van der Waals surface area contributed by atoms with Gasteiger partial charge in [-0.25, -0.2) is 0 Å². The van der Waals surface area contributed by atoms with Gasteiger partial charge in [-0.3, -0.25) is 4.79 Å². The number of hydrogen-bond donors (Lipinski definition) is 1. The number of amides is 1. The van der Waals surface area contributed by atoms with Gasteiger partial charge in [-0.1, -0.05) is 30.3 Å². The molecule has 0 aromatic heterocycles. The number of methoxy groups -OCH3 is 1. The monoisotopic (exact) mass is 370 g/mol. The molecule has 3 aromatic rings. The normalized spacial score (nSPS) is 11.1. The van der Waals surface area contributed by atoms with Crippen LogP contribution in [-0.2, 0) is 6.18 Å². The fourth-order valence-electron chi connectivity index (χ4n) is 2.68. The van der Waals surface area contributed by atoms with E-state index in [1.54, 1.807) is 42.5 Å². The Morgan fingerprint density at radius 2 is 1.67 bits per heavy atom. The Labute approximate surface area is 154 Å². The van der Waals surface area contributed by atoms with Gasteiger partial charge in [0.25, 0.3) is 5.91 Å². The van der Waals surface area contributed by atoms with Gasteiger partial charge in [0, 0.05) is 11.3 Å². The zero-order valence-electron chi connectivity index (χ0n) is 14.3. The van der Waals surface area contributed by atoms with Gasteiger partial charge >= 0.3 is 6.18 Å². The van der Waals surface area contributed by atoms with E-state index in [-0.39, 0.29) is 0 Å². The average Bonchev–Trinajstić information content (AvgIpc) is 2.67. The molecule has 6 heteroatoms. The first-order chi connectivity index (χ1) is 12.9. The zero-order chi connectivity index (χ0) is 19.4. The summed E-state index contributed by atoms with van der Waals surface area (Å²) in [6, 6.07) is 19.1. The number of halogens is 3. The van der Waals surface area contributed by atoms with Crippen LogP contribution in [0.15, 0.2) is 66.7 Å². The summed E-state index contributed by atoms with van der Waals surface area (Å²) in [5.41, 5.74) is 0.996. The van der Waals surface area contributed by atoms with Crippen LogP contribution in [0.5, 0.6) is 5.75 Å². The number of carbonyl (C=O) groups excluding carboxylic acids is 1. The lowest BCUT2D eigenvalue weighted by atomic mass is 9.96. The van der Waals surface area contributed by atoms with Crippen molar-refractivity contribution in [1.29, 1.82) is 0 Å². The predicted octanol–water partition coefficient (Wildman–Crippen LogP) is 5.43. The highest BCUT2D eigenvalue weighted by atomic mass is 19.4. The Balaban J connectivity index is 2.03. The van der Waals surface area contributed by atoms with E-state index in [0.717, 1.165) is 12.1 Å². The summed E-state index contributed by atoms with van der Waals surface area (Å²) in [7, 11) is 1.44. The SMILES string of the molecule is COc1cccc(C(=O)Nc2cc[c]cc2)c1-c1ccc(C(F)(F)F)cc1. The van der Waals surface area contributed by atoms with Crippen LogP contribution in [0.4, 0.5) is 18.9 Å². The summed E-state index contributed by atoms with van der Waals surface area (Å²) in [6.07, 6.45) is -4.43. The predicted molar refractivity (Wildman–Crippen MR) is 96.7 cm³/mol. The molecule has 0 fully saturated rings. The molecular weight excluding hydrogens is 355 g/mol. The Morgan fingerprint density at radius 1 is 1.00 bits per heavy atom. The van der Waals surface area contributed by atoms with Crippen molar-refractivity contribution in [3.8, 4) is 16.9 Å². The Morgan fingerprint density at radius 3 is 2.26 bits per heavy atom. The largest absolute Gasteiger partial charge is 0.496 e. The number of benzene rings is 3. The number of hydrogen-bond acceptors (Lipinski definition) is 2. The molecule has 0 saturated carbocycles. The summed E-state index contributed by atoms with van der Waals surface area (Å²) >= 11 is 0. The second-order valence-corrected chi connectivity index (χ2v) is 5.70. The van der Waals surface area contributed by atoms with E-state index in [0.29, 0.717) is 28.1 Å². The highest BCUT2D eigenvalue weighted by molar-refractivity contribution is 6.09. The molecule has 0 aliphatic heterocycles. The number of alkyl halides is 3. The van der Waals surface area contributed by atoms with Crippen molar-refractivity contribution in [1.82, 2.24) is 0 Å². The molecule has 1 radical (unpaired) electrons. The highest BCUT2D eigenvalue weighted by Crippen LogP contribution is 2.36. The van der Waals surface area contributed by atoms with Crippen LogP contribution in [-0.4, -0.2) is 13.0 Å². The van der Waals surface area contributed by atoms with Crippen LogP contribution in [0, 0.1) is 6.07 Å². The van der Waals surface area contributed by atoms with Gasteiger partial charge in [0.15, 0.2) is 0 Å². The lowest BCUT2D eigenvalue weighted by Crippen LogP contribution is -2.13. The molecule has 0 unspecified atom stereocenters. The van der Waals surface area contributed by atoms with Crippen molar-refractivity contribution in [3.05, 3.63) is 83.9 Å². The van der Waals surface area contributed by atoms with Crippen molar-refractivity contribution in [2.75, 3.05) is 12.4 Å². The highest BCUT2D eigenvalue weighted by Gasteiger charge is 2.30. The molecule has 0 bridgehead atoms. The van der Waals surface area contributed by atoms with Crippen LogP contribution in [0.25, 0.3) is 11.1 Å². The van der Waals surface area contributed by atoms with E-state index in [9.17, 15) is 18.0 Å². The number of rotatable bonds is 4. The van der Waals surface area contributed by atoms with E-state index in [1.807, 2.05) is 0 Å². The molecule has 0 aliphatic rings. The van der Waals surface area contributed by atoms with Gasteiger partial charge in [0.1, 0.15) is 5.75 Å². The fraction of sp³-hybridized carbons (Fsp3) is 0.0952. The molecule has 3 nitrogen and oxygen atoms in total. The second kappa shape index (κ2) is 7.53. The summed E-state index contributed by atoms with van der Waals surface area (Å²) < 4.78 is 43.8. The van der Waals surface area contributed by atoms with Gasteiger partial charge in [0.05, 0.1) is 18.2 Å². The van der Waals surface area contributed by atoms with Crippen molar-refractivity contribution in [2.45, 2.75) is 6.18 Å². The Kier molecular flexibility index (Phi) is 5.16. The van der Waals surface area contributed by atoms with Crippen LogP contribution in [0.3, 0.4) is 0 Å². The molecule has 1 N–H and O–H groups in total. The number of carbonyl (C=O) groups is 1. The molecule has 27 heavy (non-hydrogen) atoms. The Bertz CT molecular complexity index is 936. The second-order valence-electron chi connectivity index (χ2n) is 5.70. The van der Waals surface area contributed by atoms with E-state index < -0.39 is 17.6 Å². The van der Waals surface area contributed by atoms with Crippen molar-refractivity contribution >= 4 is 11.6 Å². The minimum absolute atomic E-state index is 0.293. The first-order valence-corrected chi connectivity index (χ1v) is 8.02. The minimum Gasteiger partial charge on any atom is -0.496 e. The molecule has 0 heterocycles. The fourth-order valence-corrected chi connectivity index (χ4v) is 2.68. The molecule has 137 valence electrons. The van der Waals surface area contributed by atoms with Crippen LogP contribution in [0.2, 0.25) is 0 Å². The summed E-state index contributed by atoms with van der Waals surface area (Å²) in [4.78, 5) is 12.7. The van der Waals surface area contributed by atoms with Gasteiger partial charge in [-0.05, 0) is 48.0 Å². The lowest BCUT2D eigenvalue weighted by Gasteiger charge is -2.15. The minimum atomic E-state index is -4.43. The van der Waals surface area contributed by atoms with E-state index in [2.05, 4.69) is 11.4 Å². The number of anilines is 1. The first kappa shape index (κ1) is 18.5. The smallest absolute Gasteiger partial charge is 0.416 e. The van der Waals surface area contributed by atoms with Gasteiger partial charge in [-0.15, -0.1) is 0 Å². The Hall–Kier alpha value is -3.28. The van der Waals surface area contributed by atoms with E-state index in [4.69, 9.17) is 4.74 Å². The van der Waals surface area contributed by atoms with Crippen molar-refractivity contribution in [2.24, 2.45) is 0 Å². The maximum atomic E-state index is 12.8. The molecule has 0 saturated heterocycles. The number of ether oxygens (including phenoxy) is 1. The summed E-state index contributed by atoms with van der Waals surface area (Å²) in [5.74, 6) is -0.00111. The van der Waals surface area contributed by atoms with Crippen molar-refractivity contribution in [3.63, 3.8) is 0 Å². The molecule has 3 aromatic carbocycles. The van der Waals surface area contributed by atoms with Gasteiger partial charge in [-0.2, -0.15) is 13.2 Å². The summed E-state index contributed by atoms with van der Waals surface area (Å²) in [6.45, 7) is 0. The standard InChI is InChI=1S/C21H15F3NO2/c1-27-18-9-5-8-17(20(26)25-16-6-3-2-4-7-16)19(18)14-10-12-15(13-11-14)21(22,23)24/h3-13H,1H3,(H,25,26). The van der Waals surface area contributed by atoms with Crippen molar-refractivity contribution < 1.29 is 22.7 Å². The third-order valence-corrected chi connectivity index (χ3v) is 3.97.